The maximum absolute atomic E-state index is 0. The number of rotatable bonds is 0. The van der Waals surface area contributed by atoms with E-state index in [-0.39, 0.29) is 55.3 Å². The van der Waals surface area contributed by atoms with Gasteiger partial charge in [0.2, 0.25) is 0 Å². The molecule has 0 heterocycles. The molecular weight excluding hydrogens is 188 g/mol. The molecule has 0 unspecified atom stereocenters. The Kier molecular flexibility index (Phi) is 210000. The van der Waals surface area contributed by atoms with Gasteiger partial charge in [-0.15, -0.1) is 0 Å². The van der Waals surface area contributed by atoms with E-state index in [9.17, 15) is 0 Å². The van der Waals surface area contributed by atoms with E-state index >= 15 is 0 Å². The van der Waals surface area contributed by atoms with Crippen LogP contribution in [0.3, 0.4) is 0 Å². The molecule has 0 atom stereocenters. The number of hydrogen-bond donors (Lipinski definition) is 2. The molecule has 54 valence electrons. The Morgan fingerprint density at radius 2 is 0.429 bits per heavy atom. The van der Waals surface area contributed by atoms with Gasteiger partial charge in [0.25, 0.3) is 0 Å². The monoisotopic (exact) mass is 198 g/mol. The second kappa shape index (κ2) is 952. The van der Waals surface area contributed by atoms with Gasteiger partial charge < -0.3 is 34.2 Å². The maximum atomic E-state index is 0. The third-order valence-corrected chi connectivity index (χ3v) is 0. The Labute approximate surface area is 56.0 Å². The first kappa shape index (κ1) is 1540. The second-order valence-electron chi connectivity index (χ2n) is 0. The van der Waals surface area contributed by atoms with Crippen LogP contribution in [0.25, 0.3) is 0 Å². The Morgan fingerprint density at radius 1 is 0.429 bits per heavy atom. The van der Waals surface area contributed by atoms with Gasteiger partial charge >= 0.3 is 0 Å². The SMILES string of the molecule is [Mo].[NH4+].[NH4+].[O-2].[O-2].[O-2].[O-2]. The van der Waals surface area contributed by atoms with Crippen molar-refractivity contribution in [2.75, 3.05) is 0 Å². The van der Waals surface area contributed by atoms with Gasteiger partial charge in [-0.2, -0.15) is 0 Å². The van der Waals surface area contributed by atoms with Crippen LogP contribution >= 0.6 is 0 Å². The first-order valence-corrected chi connectivity index (χ1v) is 0. The van der Waals surface area contributed by atoms with Gasteiger partial charge in [0, 0.05) is 21.1 Å². The summed E-state index contributed by atoms with van der Waals surface area (Å²) >= 11 is 0. The molecule has 0 aromatic carbocycles. The fourth-order valence-corrected chi connectivity index (χ4v) is 0. The summed E-state index contributed by atoms with van der Waals surface area (Å²) in [7, 11) is 0. The summed E-state index contributed by atoms with van der Waals surface area (Å²) in [5.41, 5.74) is 0. The fourth-order valence-electron chi connectivity index (χ4n) is 0. The average molecular weight is 196 g/mol. The van der Waals surface area contributed by atoms with E-state index in [1.165, 1.54) is 0 Å². The van der Waals surface area contributed by atoms with Gasteiger partial charge in [-0.05, 0) is 0 Å². The van der Waals surface area contributed by atoms with E-state index in [0.29, 0.717) is 0 Å². The average Bonchev–Trinajstić information content (AvgIpc) is 0. The van der Waals surface area contributed by atoms with Crippen molar-refractivity contribution in [1.82, 2.24) is 12.3 Å². The molecule has 0 fully saturated rings. The van der Waals surface area contributed by atoms with E-state index in [1.807, 2.05) is 0 Å². The summed E-state index contributed by atoms with van der Waals surface area (Å²) in [5.74, 6) is 0. The summed E-state index contributed by atoms with van der Waals surface area (Å²) in [6.07, 6.45) is 0. The van der Waals surface area contributed by atoms with Crippen molar-refractivity contribution in [2.24, 2.45) is 0 Å². The van der Waals surface area contributed by atoms with Crippen LogP contribution in [-0.2, 0) is 43.0 Å². The molecule has 0 bridgehead atoms. The third-order valence-electron chi connectivity index (χ3n) is 0. The van der Waals surface area contributed by atoms with Crippen LogP contribution in [0.15, 0.2) is 0 Å². The molecule has 0 aromatic heterocycles. The fraction of sp³-hybridized carbons (Fsp3) is 0. The molecule has 7 heavy (non-hydrogen) atoms. The van der Waals surface area contributed by atoms with Gasteiger partial charge in [0.05, 0.1) is 0 Å². The van der Waals surface area contributed by atoms with Crippen molar-refractivity contribution in [2.45, 2.75) is 0 Å². The van der Waals surface area contributed by atoms with Gasteiger partial charge in [0.1, 0.15) is 0 Å². The molecule has 0 saturated heterocycles. The topological polar surface area (TPSA) is 187 Å². The first-order chi connectivity index (χ1) is 0. The summed E-state index contributed by atoms with van der Waals surface area (Å²) < 4.78 is 0. The van der Waals surface area contributed by atoms with Gasteiger partial charge in [0.15, 0.2) is 0 Å². The molecule has 0 aliphatic carbocycles. The van der Waals surface area contributed by atoms with Crippen LogP contribution in [-0.4, -0.2) is 0 Å². The smallest absolute Gasteiger partial charge is 0 e. The molecule has 0 aromatic rings. The minimum atomic E-state index is 0. The van der Waals surface area contributed by atoms with Crippen LogP contribution in [0, 0.1) is 0 Å². The minimum absolute atomic E-state index is 0. The minimum Gasteiger partial charge on any atom is -2.00 e. The van der Waals surface area contributed by atoms with Crippen molar-refractivity contribution in [1.29, 1.82) is 0 Å². The molecule has 0 radical (unpaired) electrons. The van der Waals surface area contributed by atoms with Gasteiger partial charge in [-0.1, -0.05) is 0 Å². The Morgan fingerprint density at radius 3 is 0.429 bits per heavy atom. The molecule has 0 aliphatic rings. The quantitative estimate of drug-likeness (QED) is 0.503. The van der Waals surface area contributed by atoms with Crippen molar-refractivity contribution in [3.8, 4) is 0 Å². The standard InChI is InChI=1S/Mo.2H3N.4O/h;2*1H3;;;;/q;;;4*-2/p+2. The van der Waals surface area contributed by atoms with Crippen molar-refractivity contribution in [3.63, 3.8) is 0 Å². The molecular formula is H8MoN2O4-6. The third kappa shape index (κ3) is 635. The Balaban J connectivity index is 0. The van der Waals surface area contributed by atoms with Crippen LogP contribution in [0.5, 0.6) is 0 Å². The summed E-state index contributed by atoms with van der Waals surface area (Å²) in [5, 5.41) is 0. The maximum Gasteiger partial charge on any atom is 0 e. The number of quaternary nitrogens is 2. The summed E-state index contributed by atoms with van der Waals surface area (Å²) in [4.78, 5) is 0. The zero-order valence-corrected chi connectivity index (χ0v) is 6.05. The van der Waals surface area contributed by atoms with Crippen molar-refractivity contribution in [3.05, 3.63) is 0 Å². The zero-order chi connectivity index (χ0) is 0. The molecule has 0 spiro atoms. The molecule has 8 N–H and O–H groups in total. The van der Waals surface area contributed by atoms with Gasteiger partial charge in [-0.3, -0.25) is 0 Å². The Bertz CT molecular complexity index is 9.65. The van der Waals surface area contributed by atoms with Crippen molar-refractivity contribution < 1.29 is 43.0 Å². The van der Waals surface area contributed by atoms with Crippen molar-refractivity contribution >= 4 is 0 Å². The van der Waals surface area contributed by atoms with E-state index in [2.05, 4.69) is 0 Å². The predicted molar refractivity (Wildman–Crippen MR) is 14.7 cm³/mol. The molecule has 7 heteroatoms. The molecule has 0 amide bonds. The molecule has 0 aliphatic heterocycles. The molecule has 0 saturated carbocycles. The molecule has 6 nitrogen and oxygen atoms in total. The van der Waals surface area contributed by atoms with E-state index in [4.69, 9.17) is 0 Å². The van der Waals surface area contributed by atoms with Crippen LogP contribution < -0.4 is 12.3 Å². The normalized spacial score (nSPS) is 0. The summed E-state index contributed by atoms with van der Waals surface area (Å²) in [6, 6.07) is 0. The first-order valence-electron chi connectivity index (χ1n) is 0. The van der Waals surface area contributed by atoms with E-state index < -0.39 is 0 Å². The van der Waals surface area contributed by atoms with Crippen LogP contribution in [0.1, 0.15) is 0 Å². The zero-order valence-electron chi connectivity index (χ0n) is 4.04. The second-order valence-corrected chi connectivity index (χ2v) is 0. The molecule has 0 rings (SSSR count). The predicted octanol–water partition coefficient (Wildman–Crippen LogP) is 0.275. The largest absolute Gasteiger partial charge is 2.00 e. The summed E-state index contributed by atoms with van der Waals surface area (Å²) in [6.45, 7) is 0. The Hall–Kier alpha value is 0.448. The van der Waals surface area contributed by atoms with Crippen LogP contribution in [0.2, 0.25) is 0 Å². The van der Waals surface area contributed by atoms with Crippen LogP contribution in [0.4, 0.5) is 0 Å². The van der Waals surface area contributed by atoms with E-state index in [0.717, 1.165) is 0 Å². The van der Waals surface area contributed by atoms with Gasteiger partial charge in [-0.25, -0.2) is 0 Å². The van der Waals surface area contributed by atoms with E-state index in [1.54, 1.807) is 0 Å². The number of hydrogen-bond acceptors (Lipinski definition) is 0.